The van der Waals surface area contributed by atoms with Gasteiger partial charge >= 0.3 is 0 Å². The van der Waals surface area contributed by atoms with E-state index in [4.69, 9.17) is 4.74 Å². The minimum Gasteiger partial charge on any atom is -0.484 e. The molecule has 1 aromatic heterocycles. The molecule has 0 aliphatic heterocycles. The Kier molecular flexibility index (Phi) is 5.52. The van der Waals surface area contributed by atoms with Crippen molar-refractivity contribution in [2.24, 2.45) is 7.05 Å². The smallest absolute Gasteiger partial charge is 0.261 e. The molecule has 4 heteroatoms. The van der Waals surface area contributed by atoms with Gasteiger partial charge in [0, 0.05) is 25.5 Å². The zero-order chi connectivity index (χ0) is 17.5. The van der Waals surface area contributed by atoms with E-state index in [1.54, 1.807) is 0 Å². The Balaban J connectivity index is 1.70. The summed E-state index contributed by atoms with van der Waals surface area (Å²) in [4.78, 5) is 14.6. The molecule has 0 spiro atoms. The molecular formula is C21H22N2O2. The van der Waals surface area contributed by atoms with Crippen molar-refractivity contribution in [3.8, 4) is 5.75 Å². The van der Waals surface area contributed by atoms with Crippen LogP contribution in [0.3, 0.4) is 0 Å². The third-order valence-electron chi connectivity index (χ3n) is 4.08. The number of hydrogen-bond donors (Lipinski definition) is 0. The molecule has 0 saturated heterocycles. The lowest BCUT2D eigenvalue weighted by molar-refractivity contribution is -0.134. The monoisotopic (exact) mass is 334 g/mol. The average molecular weight is 334 g/mol. The highest BCUT2D eigenvalue weighted by Crippen LogP contribution is 2.13. The maximum absolute atomic E-state index is 12.8. The summed E-state index contributed by atoms with van der Waals surface area (Å²) in [5.74, 6) is 0.670. The van der Waals surface area contributed by atoms with Gasteiger partial charge in [-0.3, -0.25) is 4.79 Å². The number of carbonyl (C=O) groups excluding carboxylic acids is 1. The summed E-state index contributed by atoms with van der Waals surface area (Å²) < 4.78 is 7.67. The summed E-state index contributed by atoms with van der Waals surface area (Å²) in [5, 5.41) is 0. The molecule has 0 unspecified atom stereocenters. The fraction of sp³-hybridized carbons (Fsp3) is 0.190. The largest absolute Gasteiger partial charge is 0.484 e. The molecule has 0 N–H and O–H groups in total. The maximum atomic E-state index is 12.8. The van der Waals surface area contributed by atoms with Crippen molar-refractivity contribution < 1.29 is 9.53 Å². The molecule has 1 heterocycles. The van der Waals surface area contributed by atoms with E-state index in [1.165, 1.54) is 0 Å². The van der Waals surface area contributed by atoms with Gasteiger partial charge < -0.3 is 14.2 Å². The zero-order valence-corrected chi connectivity index (χ0v) is 14.3. The summed E-state index contributed by atoms with van der Waals surface area (Å²) in [7, 11) is 1.99. The molecule has 0 bridgehead atoms. The Hall–Kier alpha value is -3.01. The van der Waals surface area contributed by atoms with E-state index >= 15 is 0 Å². The summed E-state index contributed by atoms with van der Waals surface area (Å²) in [6, 6.07) is 23.4. The van der Waals surface area contributed by atoms with Crippen LogP contribution in [0.4, 0.5) is 0 Å². The average Bonchev–Trinajstić information content (AvgIpc) is 3.05. The first-order chi connectivity index (χ1) is 12.2. The highest BCUT2D eigenvalue weighted by molar-refractivity contribution is 5.77. The van der Waals surface area contributed by atoms with E-state index in [0.29, 0.717) is 18.8 Å². The molecule has 0 aliphatic carbocycles. The minimum atomic E-state index is -0.0334. The molecule has 0 atom stereocenters. The molecule has 3 aromatic rings. The van der Waals surface area contributed by atoms with Gasteiger partial charge in [0.2, 0.25) is 0 Å². The minimum absolute atomic E-state index is 0.0290. The molecule has 3 rings (SSSR count). The Morgan fingerprint density at radius 2 is 1.60 bits per heavy atom. The molecule has 0 fully saturated rings. The Morgan fingerprint density at radius 1 is 0.920 bits per heavy atom. The zero-order valence-electron chi connectivity index (χ0n) is 14.3. The number of para-hydroxylation sites is 1. The van der Waals surface area contributed by atoms with Gasteiger partial charge in [-0.1, -0.05) is 48.5 Å². The molecule has 0 saturated carbocycles. The van der Waals surface area contributed by atoms with Gasteiger partial charge in [-0.05, 0) is 29.8 Å². The maximum Gasteiger partial charge on any atom is 0.261 e. The third-order valence-corrected chi connectivity index (χ3v) is 4.08. The van der Waals surface area contributed by atoms with Crippen molar-refractivity contribution in [1.82, 2.24) is 9.47 Å². The first kappa shape index (κ1) is 16.8. The standard InChI is InChI=1S/C21H22N2O2/c1-22-14-8-11-19(22)16-23(15-18-9-4-2-5-10-18)21(24)17-25-20-12-6-3-7-13-20/h2-14H,15-17H2,1H3. The number of hydrogen-bond acceptors (Lipinski definition) is 2. The Morgan fingerprint density at radius 3 is 2.24 bits per heavy atom. The van der Waals surface area contributed by atoms with Crippen LogP contribution in [0.2, 0.25) is 0 Å². The van der Waals surface area contributed by atoms with Crippen molar-refractivity contribution in [2.45, 2.75) is 13.1 Å². The lowest BCUT2D eigenvalue weighted by Crippen LogP contribution is -2.34. The molecule has 25 heavy (non-hydrogen) atoms. The van der Waals surface area contributed by atoms with Gasteiger partial charge in [0.25, 0.3) is 5.91 Å². The van der Waals surface area contributed by atoms with Gasteiger partial charge in [-0.15, -0.1) is 0 Å². The van der Waals surface area contributed by atoms with Crippen molar-refractivity contribution in [3.63, 3.8) is 0 Å². The number of aromatic nitrogens is 1. The van der Waals surface area contributed by atoms with Crippen LogP contribution in [0.5, 0.6) is 5.75 Å². The second-order valence-electron chi connectivity index (χ2n) is 5.95. The Bertz CT molecular complexity index is 797. The van der Waals surface area contributed by atoms with E-state index in [0.717, 1.165) is 11.3 Å². The van der Waals surface area contributed by atoms with Gasteiger partial charge in [0.05, 0.1) is 6.54 Å². The van der Waals surface area contributed by atoms with Crippen LogP contribution in [0.15, 0.2) is 79.0 Å². The first-order valence-electron chi connectivity index (χ1n) is 8.32. The van der Waals surface area contributed by atoms with Crippen molar-refractivity contribution >= 4 is 5.91 Å². The third kappa shape index (κ3) is 4.73. The summed E-state index contributed by atoms with van der Waals surface area (Å²) in [6.07, 6.45) is 1.99. The van der Waals surface area contributed by atoms with Crippen LogP contribution >= 0.6 is 0 Å². The van der Waals surface area contributed by atoms with Gasteiger partial charge in [0.15, 0.2) is 6.61 Å². The van der Waals surface area contributed by atoms with Gasteiger partial charge in [0.1, 0.15) is 5.75 Å². The number of aryl methyl sites for hydroxylation is 1. The number of benzene rings is 2. The highest BCUT2D eigenvalue weighted by atomic mass is 16.5. The number of nitrogens with zero attached hydrogens (tertiary/aromatic N) is 2. The van der Waals surface area contributed by atoms with Crippen LogP contribution in [-0.2, 0) is 24.9 Å². The quantitative estimate of drug-likeness (QED) is 0.661. The normalized spacial score (nSPS) is 10.4. The first-order valence-corrected chi connectivity index (χ1v) is 8.32. The van der Waals surface area contributed by atoms with Crippen molar-refractivity contribution in [3.05, 3.63) is 90.3 Å². The number of ether oxygens (including phenoxy) is 1. The predicted molar refractivity (Wildman–Crippen MR) is 98.0 cm³/mol. The molecule has 1 amide bonds. The van der Waals surface area contributed by atoms with Crippen molar-refractivity contribution in [1.29, 1.82) is 0 Å². The highest BCUT2D eigenvalue weighted by Gasteiger charge is 2.16. The predicted octanol–water partition coefficient (Wildman–Crippen LogP) is 3.63. The molecule has 2 aromatic carbocycles. The van der Waals surface area contributed by atoms with Crippen LogP contribution in [0, 0.1) is 0 Å². The lowest BCUT2D eigenvalue weighted by Gasteiger charge is -2.23. The van der Waals surface area contributed by atoms with E-state index in [9.17, 15) is 4.79 Å². The lowest BCUT2D eigenvalue weighted by atomic mass is 10.2. The van der Waals surface area contributed by atoms with E-state index in [1.807, 2.05) is 95.5 Å². The van der Waals surface area contributed by atoms with E-state index in [2.05, 4.69) is 0 Å². The number of rotatable bonds is 7. The second kappa shape index (κ2) is 8.20. The Labute approximate surface area is 148 Å². The van der Waals surface area contributed by atoms with Gasteiger partial charge in [-0.25, -0.2) is 0 Å². The van der Waals surface area contributed by atoms with Crippen LogP contribution < -0.4 is 4.74 Å². The molecular weight excluding hydrogens is 312 g/mol. The van der Waals surface area contributed by atoms with Crippen LogP contribution in [0.1, 0.15) is 11.3 Å². The van der Waals surface area contributed by atoms with Crippen LogP contribution in [0.25, 0.3) is 0 Å². The molecule has 128 valence electrons. The summed E-state index contributed by atoms with van der Waals surface area (Å²) in [6.45, 7) is 1.14. The topological polar surface area (TPSA) is 34.5 Å². The summed E-state index contributed by atoms with van der Waals surface area (Å²) in [5.41, 5.74) is 2.19. The van der Waals surface area contributed by atoms with E-state index < -0.39 is 0 Å². The SMILES string of the molecule is Cn1cccc1CN(Cc1ccccc1)C(=O)COc1ccccc1. The fourth-order valence-electron chi connectivity index (χ4n) is 2.65. The second-order valence-corrected chi connectivity index (χ2v) is 5.95. The van der Waals surface area contributed by atoms with E-state index in [-0.39, 0.29) is 12.5 Å². The number of amides is 1. The van der Waals surface area contributed by atoms with Gasteiger partial charge in [-0.2, -0.15) is 0 Å². The summed E-state index contributed by atoms with van der Waals surface area (Å²) >= 11 is 0. The molecule has 4 nitrogen and oxygen atoms in total. The van der Waals surface area contributed by atoms with Crippen molar-refractivity contribution in [2.75, 3.05) is 6.61 Å². The number of carbonyl (C=O) groups is 1. The van der Waals surface area contributed by atoms with Crippen LogP contribution in [-0.4, -0.2) is 22.0 Å². The molecule has 0 radical (unpaired) electrons. The fourth-order valence-corrected chi connectivity index (χ4v) is 2.65. The molecule has 0 aliphatic rings.